The largest absolute Gasteiger partial charge is 0.497 e. The molecule has 5 nitrogen and oxygen atoms in total. The lowest BCUT2D eigenvalue weighted by atomic mass is 9.78. The van der Waals surface area contributed by atoms with Crippen molar-refractivity contribution < 1.29 is 14.4 Å². The highest BCUT2D eigenvalue weighted by Crippen LogP contribution is 2.38. The second-order valence-corrected chi connectivity index (χ2v) is 9.00. The number of rotatable bonds is 2. The summed E-state index contributed by atoms with van der Waals surface area (Å²) in [5, 5.41) is 20.5. The average molecular weight is 366 g/mol. The summed E-state index contributed by atoms with van der Waals surface area (Å²) in [5.41, 5.74) is 2.83. The Bertz CT molecular complexity index is 925. The first-order valence-corrected chi connectivity index (χ1v) is 9.72. The Morgan fingerprint density at radius 2 is 1.85 bits per heavy atom. The summed E-state index contributed by atoms with van der Waals surface area (Å²) in [5.74, 6) is 0. The number of hydrogen-bond donors (Lipinski definition) is 1. The fraction of sp³-hybridized carbons (Fsp3) is 0.571. The normalized spacial score (nSPS) is 26.6. The molecule has 142 valence electrons. The summed E-state index contributed by atoms with van der Waals surface area (Å²) in [6.45, 7) is 10.1. The number of aromatic nitrogens is 1. The Hall–Kier alpha value is -1.81. The molecule has 2 heterocycles. The van der Waals surface area contributed by atoms with Crippen LogP contribution in [0.5, 0.6) is 0 Å². The standard InChI is InChI=1S/C21H27BN2O3/c1-13-8-19-17(9-14(13)11-23)18(12-24(19)15-6-7-16(25)10-15)22-26-20(2,3)21(4,5)27-22/h8-9,12,15-16,25H,6-7,10H2,1-5H3/t15-,16-/m1/s1. The lowest BCUT2D eigenvalue weighted by molar-refractivity contribution is 0.00578. The first kappa shape index (κ1) is 18.6. The Kier molecular flexibility index (Phi) is 4.19. The smallest absolute Gasteiger partial charge is 0.399 e. The topological polar surface area (TPSA) is 67.4 Å². The maximum atomic E-state index is 10.0. The number of nitriles is 1. The van der Waals surface area contributed by atoms with Gasteiger partial charge >= 0.3 is 7.12 Å². The van der Waals surface area contributed by atoms with Crippen LogP contribution in [-0.2, 0) is 9.31 Å². The van der Waals surface area contributed by atoms with E-state index in [0.717, 1.165) is 41.2 Å². The number of aliphatic hydroxyl groups excluding tert-OH is 1. The third kappa shape index (κ3) is 2.89. The number of benzene rings is 1. The highest BCUT2D eigenvalue weighted by Gasteiger charge is 2.52. The molecule has 2 aliphatic rings. The highest BCUT2D eigenvalue weighted by molar-refractivity contribution is 6.65. The van der Waals surface area contributed by atoms with Crippen LogP contribution in [-0.4, -0.2) is 34.1 Å². The molecule has 6 heteroatoms. The van der Waals surface area contributed by atoms with Crippen molar-refractivity contribution in [2.45, 2.75) is 77.2 Å². The molecule has 1 aromatic heterocycles. The van der Waals surface area contributed by atoms with Crippen LogP contribution in [0.2, 0.25) is 0 Å². The molecule has 27 heavy (non-hydrogen) atoms. The zero-order valence-corrected chi connectivity index (χ0v) is 16.7. The molecule has 0 amide bonds. The molecule has 2 aromatic rings. The molecule has 1 saturated carbocycles. The molecule has 1 N–H and O–H groups in total. The lowest BCUT2D eigenvalue weighted by Gasteiger charge is -2.32. The van der Waals surface area contributed by atoms with Gasteiger partial charge < -0.3 is 19.0 Å². The van der Waals surface area contributed by atoms with Crippen LogP contribution in [0.3, 0.4) is 0 Å². The van der Waals surface area contributed by atoms with Crippen molar-refractivity contribution in [3.63, 3.8) is 0 Å². The van der Waals surface area contributed by atoms with E-state index < -0.39 is 18.3 Å². The Morgan fingerprint density at radius 3 is 2.41 bits per heavy atom. The van der Waals surface area contributed by atoms with Gasteiger partial charge in [0.25, 0.3) is 0 Å². The summed E-state index contributed by atoms with van der Waals surface area (Å²) in [6, 6.07) is 6.58. The van der Waals surface area contributed by atoms with Gasteiger partial charge in [-0.05, 0) is 71.6 Å². The summed E-state index contributed by atoms with van der Waals surface area (Å²) in [7, 11) is -0.473. The fourth-order valence-corrected chi connectivity index (χ4v) is 4.19. The highest BCUT2D eigenvalue weighted by atomic mass is 16.7. The van der Waals surface area contributed by atoms with Crippen molar-refractivity contribution in [1.82, 2.24) is 4.57 Å². The van der Waals surface area contributed by atoms with Crippen LogP contribution >= 0.6 is 0 Å². The van der Waals surface area contributed by atoms with E-state index in [9.17, 15) is 10.4 Å². The second-order valence-electron chi connectivity index (χ2n) is 9.00. The van der Waals surface area contributed by atoms with Gasteiger partial charge in [0.1, 0.15) is 0 Å². The van der Waals surface area contributed by atoms with E-state index >= 15 is 0 Å². The predicted molar refractivity (Wildman–Crippen MR) is 106 cm³/mol. The zero-order valence-electron chi connectivity index (χ0n) is 16.7. The summed E-state index contributed by atoms with van der Waals surface area (Å²) in [4.78, 5) is 0. The molecule has 2 fully saturated rings. The number of aliphatic hydroxyl groups is 1. The van der Waals surface area contributed by atoms with Crippen molar-refractivity contribution in [2.24, 2.45) is 0 Å². The average Bonchev–Trinajstić information content (AvgIpc) is 3.21. The van der Waals surface area contributed by atoms with Crippen molar-refractivity contribution in [3.8, 4) is 6.07 Å². The fourth-order valence-electron chi connectivity index (χ4n) is 4.19. The van der Waals surface area contributed by atoms with Gasteiger partial charge in [0, 0.05) is 28.6 Å². The number of hydrogen-bond acceptors (Lipinski definition) is 4. The lowest BCUT2D eigenvalue weighted by Crippen LogP contribution is -2.41. The van der Waals surface area contributed by atoms with Gasteiger partial charge in [0.15, 0.2) is 0 Å². The number of nitrogens with zero attached hydrogens (tertiary/aromatic N) is 2. The Morgan fingerprint density at radius 1 is 1.19 bits per heavy atom. The summed E-state index contributed by atoms with van der Waals surface area (Å²) >= 11 is 0. The molecule has 0 unspecified atom stereocenters. The van der Waals surface area contributed by atoms with E-state index in [1.54, 1.807) is 0 Å². The molecule has 1 saturated heterocycles. The van der Waals surface area contributed by atoms with E-state index in [2.05, 4.69) is 22.9 Å². The van der Waals surface area contributed by atoms with Crippen LogP contribution in [0.1, 0.15) is 64.1 Å². The predicted octanol–water partition coefficient (Wildman–Crippen LogP) is 3.21. The summed E-state index contributed by atoms with van der Waals surface area (Å²) < 4.78 is 14.8. The molecule has 0 bridgehead atoms. The molecule has 0 radical (unpaired) electrons. The van der Waals surface area contributed by atoms with Gasteiger partial charge in [0.05, 0.1) is 28.9 Å². The van der Waals surface area contributed by atoms with Crippen LogP contribution in [0, 0.1) is 18.3 Å². The van der Waals surface area contributed by atoms with Crippen LogP contribution in [0.25, 0.3) is 10.9 Å². The van der Waals surface area contributed by atoms with Crippen LogP contribution < -0.4 is 5.46 Å². The first-order chi connectivity index (χ1) is 12.6. The van der Waals surface area contributed by atoms with E-state index in [-0.39, 0.29) is 12.1 Å². The molecule has 2 atom stereocenters. The first-order valence-electron chi connectivity index (χ1n) is 9.72. The SMILES string of the molecule is Cc1cc2c(cc1C#N)c(B1OC(C)(C)C(C)(C)O1)cn2[C@@H]1CC[C@@H](O)C1. The third-order valence-corrected chi connectivity index (χ3v) is 6.61. The van der Waals surface area contributed by atoms with Gasteiger partial charge in [-0.1, -0.05) is 0 Å². The monoisotopic (exact) mass is 366 g/mol. The van der Waals surface area contributed by atoms with Crippen LogP contribution in [0.4, 0.5) is 0 Å². The molecular formula is C21H27BN2O3. The molecular weight excluding hydrogens is 339 g/mol. The zero-order chi connectivity index (χ0) is 19.6. The van der Waals surface area contributed by atoms with Crippen molar-refractivity contribution in [3.05, 3.63) is 29.5 Å². The van der Waals surface area contributed by atoms with Gasteiger partial charge in [-0.2, -0.15) is 5.26 Å². The van der Waals surface area contributed by atoms with E-state index in [1.807, 2.05) is 40.7 Å². The maximum absolute atomic E-state index is 10.0. The molecule has 1 aromatic carbocycles. The van der Waals surface area contributed by atoms with Gasteiger partial charge in [-0.3, -0.25) is 0 Å². The minimum absolute atomic E-state index is 0.243. The Balaban J connectivity index is 1.87. The second kappa shape index (κ2) is 6.10. The van der Waals surface area contributed by atoms with Gasteiger partial charge in [0.2, 0.25) is 0 Å². The van der Waals surface area contributed by atoms with Gasteiger partial charge in [-0.15, -0.1) is 0 Å². The minimum Gasteiger partial charge on any atom is -0.399 e. The molecule has 4 rings (SSSR count). The molecule has 1 aliphatic carbocycles. The van der Waals surface area contributed by atoms with E-state index in [0.29, 0.717) is 5.56 Å². The van der Waals surface area contributed by atoms with E-state index in [4.69, 9.17) is 9.31 Å². The molecule has 1 aliphatic heterocycles. The number of aryl methyl sites for hydroxylation is 1. The minimum atomic E-state index is -0.473. The quantitative estimate of drug-likeness (QED) is 0.829. The Labute approximate surface area is 161 Å². The maximum Gasteiger partial charge on any atom is 0.497 e. The number of fused-ring (bicyclic) bond motifs is 1. The van der Waals surface area contributed by atoms with Crippen molar-refractivity contribution in [2.75, 3.05) is 0 Å². The third-order valence-electron chi connectivity index (χ3n) is 6.61. The summed E-state index contributed by atoms with van der Waals surface area (Å²) in [6.07, 6.45) is 4.40. The van der Waals surface area contributed by atoms with Crippen molar-refractivity contribution in [1.29, 1.82) is 5.26 Å². The van der Waals surface area contributed by atoms with Crippen LogP contribution in [0.15, 0.2) is 18.3 Å². The van der Waals surface area contributed by atoms with Crippen molar-refractivity contribution >= 4 is 23.5 Å². The van der Waals surface area contributed by atoms with Gasteiger partial charge in [-0.25, -0.2) is 0 Å². The molecule has 0 spiro atoms. The van der Waals surface area contributed by atoms with E-state index in [1.165, 1.54) is 0 Å².